The van der Waals surface area contributed by atoms with Gasteiger partial charge in [0.2, 0.25) is 0 Å². The van der Waals surface area contributed by atoms with E-state index in [-0.39, 0.29) is 30.2 Å². The maximum Gasteiger partial charge on any atom is 0.416 e. The lowest BCUT2D eigenvalue weighted by Crippen LogP contribution is -2.43. The van der Waals surface area contributed by atoms with Crippen molar-refractivity contribution in [1.82, 2.24) is 5.32 Å². The summed E-state index contributed by atoms with van der Waals surface area (Å²) in [6.45, 7) is 0. The van der Waals surface area contributed by atoms with E-state index in [1.54, 1.807) is 0 Å². The number of methoxy groups -OCH3 is 1. The molecule has 0 radical (unpaired) electrons. The molecule has 0 aliphatic heterocycles. The van der Waals surface area contributed by atoms with E-state index in [2.05, 4.69) is 10.1 Å². The molecule has 2 rings (SSSR count). The number of carbonyl (C=O) groups excluding carboxylic acids is 2. The molecule has 2 aromatic rings. The van der Waals surface area contributed by atoms with Crippen LogP contribution in [-0.4, -0.2) is 25.0 Å². The third kappa shape index (κ3) is 6.21. The average Bonchev–Trinajstić information content (AvgIpc) is 2.71. The third-order valence-corrected chi connectivity index (χ3v) is 4.14. The molecular formula is C20H14F6N2O3. The number of nitrogens with zero attached hydrogens (tertiary/aromatic N) is 1. The van der Waals surface area contributed by atoms with E-state index in [0.717, 1.165) is 7.11 Å². The minimum absolute atomic E-state index is 0.109. The molecule has 2 aromatic carbocycles. The van der Waals surface area contributed by atoms with E-state index in [0.29, 0.717) is 5.56 Å². The number of hydrogen-bond donors (Lipinski definition) is 1. The van der Waals surface area contributed by atoms with Crippen LogP contribution >= 0.6 is 0 Å². The summed E-state index contributed by atoms with van der Waals surface area (Å²) < 4.78 is 82.6. The number of nitriles is 1. The smallest absolute Gasteiger partial charge is 0.416 e. The second-order valence-electron chi connectivity index (χ2n) is 6.36. The predicted molar refractivity (Wildman–Crippen MR) is 94.6 cm³/mol. The Balaban J connectivity index is 2.38. The second kappa shape index (κ2) is 9.07. The highest BCUT2D eigenvalue weighted by molar-refractivity contribution is 5.97. The SMILES string of the molecule is COC(=O)[C@@H](Cc1cccc(C#N)c1)NC(=O)c1cc(C(F)(F)F)cc(C(F)(F)F)c1. The van der Waals surface area contributed by atoms with Crippen LogP contribution in [0.1, 0.15) is 32.6 Å². The Hall–Kier alpha value is -3.55. The number of benzene rings is 2. The normalized spacial score (nSPS) is 12.6. The summed E-state index contributed by atoms with van der Waals surface area (Å²) in [5, 5.41) is 11.0. The Morgan fingerprint density at radius 1 is 1.03 bits per heavy atom. The molecule has 5 nitrogen and oxygen atoms in total. The van der Waals surface area contributed by atoms with Crippen molar-refractivity contribution in [3.63, 3.8) is 0 Å². The van der Waals surface area contributed by atoms with Gasteiger partial charge in [0.05, 0.1) is 29.9 Å². The van der Waals surface area contributed by atoms with Gasteiger partial charge >= 0.3 is 18.3 Å². The first-order valence-corrected chi connectivity index (χ1v) is 8.52. The molecule has 0 saturated carbocycles. The van der Waals surface area contributed by atoms with Gasteiger partial charge in [0.1, 0.15) is 6.04 Å². The zero-order valence-corrected chi connectivity index (χ0v) is 15.8. The standard InChI is InChI=1S/C20H14F6N2O3/c1-31-18(30)16(6-11-3-2-4-12(5-11)10-27)28-17(29)13-7-14(19(21,22)23)9-15(8-13)20(24,25)26/h2-5,7-9,16H,6H2,1H3,(H,28,29)/t16-/m1/s1. The maximum absolute atomic E-state index is 13.0. The molecule has 0 aromatic heterocycles. The van der Waals surface area contributed by atoms with Gasteiger partial charge in [-0.25, -0.2) is 4.79 Å². The monoisotopic (exact) mass is 444 g/mol. The number of esters is 1. The Bertz CT molecular complexity index is 993. The number of alkyl halides is 6. The highest BCUT2D eigenvalue weighted by Crippen LogP contribution is 2.36. The summed E-state index contributed by atoms with van der Waals surface area (Å²) in [6.07, 6.45) is -10.5. The molecule has 1 N–H and O–H groups in total. The van der Waals surface area contributed by atoms with E-state index in [1.807, 2.05) is 6.07 Å². The number of carbonyl (C=O) groups is 2. The molecule has 0 aliphatic rings. The van der Waals surface area contributed by atoms with Gasteiger partial charge in [-0.2, -0.15) is 31.6 Å². The van der Waals surface area contributed by atoms with Crippen LogP contribution in [0.25, 0.3) is 0 Å². The lowest BCUT2D eigenvalue weighted by molar-refractivity contribution is -0.144. The lowest BCUT2D eigenvalue weighted by Gasteiger charge is -2.18. The predicted octanol–water partition coefficient (Wildman–Crippen LogP) is 4.11. The molecule has 1 atom stereocenters. The van der Waals surface area contributed by atoms with Crippen molar-refractivity contribution in [3.05, 3.63) is 70.3 Å². The first kappa shape index (κ1) is 23.7. The number of amides is 1. The van der Waals surface area contributed by atoms with Crippen LogP contribution in [-0.2, 0) is 28.3 Å². The van der Waals surface area contributed by atoms with Crippen molar-refractivity contribution in [2.45, 2.75) is 24.8 Å². The number of nitrogens with one attached hydrogen (secondary N) is 1. The molecule has 0 spiro atoms. The molecule has 0 aliphatic carbocycles. The minimum atomic E-state index is -5.13. The zero-order chi connectivity index (χ0) is 23.4. The summed E-state index contributed by atoms with van der Waals surface area (Å²) in [5.74, 6) is -2.30. The van der Waals surface area contributed by atoms with Crippen molar-refractivity contribution >= 4 is 11.9 Å². The molecule has 11 heteroatoms. The molecule has 164 valence electrons. The van der Waals surface area contributed by atoms with Gasteiger partial charge in [-0.15, -0.1) is 0 Å². The van der Waals surface area contributed by atoms with Crippen molar-refractivity contribution in [2.24, 2.45) is 0 Å². The zero-order valence-electron chi connectivity index (χ0n) is 15.8. The van der Waals surface area contributed by atoms with Gasteiger partial charge in [-0.1, -0.05) is 12.1 Å². The van der Waals surface area contributed by atoms with Crippen molar-refractivity contribution in [3.8, 4) is 6.07 Å². The molecule has 0 heterocycles. The lowest BCUT2D eigenvalue weighted by atomic mass is 10.0. The van der Waals surface area contributed by atoms with Crippen molar-refractivity contribution < 1.29 is 40.7 Å². The second-order valence-corrected chi connectivity index (χ2v) is 6.36. The molecule has 0 unspecified atom stereocenters. The van der Waals surface area contributed by atoms with Gasteiger partial charge in [0.25, 0.3) is 5.91 Å². The van der Waals surface area contributed by atoms with Gasteiger partial charge in [0.15, 0.2) is 0 Å². The van der Waals surface area contributed by atoms with Crippen molar-refractivity contribution in [2.75, 3.05) is 7.11 Å². The summed E-state index contributed by atoms with van der Waals surface area (Å²) >= 11 is 0. The quantitative estimate of drug-likeness (QED) is 0.556. The molecule has 1 amide bonds. The Morgan fingerprint density at radius 2 is 1.61 bits per heavy atom. The van der Waals surface area contributed by atoms with E-state index in [9.17, 15) is 35.9 Å². The molecule has 0 saturated heterocycles. The fourth-order valence-corrected chi connectivity index (χ4v) is 2.67. The van der Waals surface area contributed by atoms with Gasteiger partial charge in [-0.3, -0.25) is 4.79 Å². The van der Waals surface area contributed by atoms with Crippen LogP contribution in [0.5, 0.6) is 0 Å². The Labute approximate surface area is 172 Å². The third-order valence-electron chi connectivity index (χ3n) is 4.14. The highest BCUT2D eigenvalue weighted by atomic mass is 19.4. The van der Waals surface area contributed by atoms with E-state index < -0.39 is 47.0 Å². The average molecular weight is 444 g/mol. The molecular weight excluding hydrogens is 430 g/mol. The molecule has 0 bridgehead atoms. The van der Waals surface area contributed by atoms with Crippen LogP contribution in [0.3, 0.4) is 0 Å². The van der Waals surface area contributed by atoms with E-state index >= 15 is 0 Å². The number of ether oxygens (including phenoxy) is 1. The molecule has 0 fully saturated rings. The number of hydrogen-bond acceptors (Lipinski definition) is 4. The maximum atomic E-state index is 13.0. The Morgan fingerprint density at radius 3 is 2.10 bits per heavy atom. The number of rotatable bonds is 5. The fraction of sp³-hybridized carbons (Fsp3) is 0.250. The van der Waals surface area contributed by atoms with E-state index in [1.165, 1.54) is 24.3 Å². The van der Waals surface area contributed by atoms with Gasteiger partial charge < -0.3 is 10.1 Å². The Kier molecular flexibility index (Phi) is 6.95. The first-order valence-electron chi connectivity index (χ1n) is 8.52. The van der Waals surface area contributed by atoms with Crippen LogP contribution < -0.4 is 5.32 Å². The van der Waals surface area contributed by atoms with Crippen molar-refractivity contribution in [1.29, 1.82) is 5.26 Å². The summed E-state index contributed by atoms with van der Waals surface area (Å²) in [6, 6.07) is 6.79. The van der Waals surface area contributed by atoms with Gasteiger partial charge in [0, 0.05) is 12.0 Å². The van der Waals surface area contributed by atoms with Crippen LogP contribution in [0.15, 0.2) is 42.5 Å². The summed E-state index contributed by atoms with van der Waals surface area (Å²) in [7, 11) is 0.999. The number of halogens is 6. The largest absolute Gasteiger partial charge is 0.467 e. The summed E-state index contributed by atoms with van der Waals surface area (Å²) in [5.41, 5.74) is -3.59. The summed E-state index contributed by atoms with van der Waals surface area (Å²) in [4.78, 5) is 24.5. The van der Waals surface area contributed by atoms with Crippen LogP contribution in [0.4, 0.5) is 26.3 Å². The van der Waals surface area contributed by atoms with Gasteiger partial charge in [-0.05, 0) is 35.9 Å². The highest BCUT2D eigenvalue weighted by Gasteiger charge is 2.37. The van der Waals surface area contributed by atoms with Crippen LogP contribution in [0, 0.1) is 11.3 Å². The molecule has 31 heavy (non-hydrogen) atoms. The van der Waals surface area contributed by atoms with Crippen LogP contribution in [0.2, 0.25) is 0 Å². The topological polar surface area (TPSA) is 79.2 Å². The fourth-order valence-electron chi connectivity index (χ4n) is 2.67. The van der Waals surface area contributed by atoms with E-state index in [4.69, 9.17) is 5.26 Å². The minimum Gasteiger partial charge on any atom is -0.467 e. The first-order chi connectivity index (χ1) is 14.3.